The minimum atomic E-state index is -0.396. The van der Waals surface area contributed by atoms with Crippen LogP contribution in [-0.4, -0.2) is 4.92 Å². The van der Waals surface area contributed by atoms with Crippen molar-refractivity contribution in [1.82, 2.24) is 0 Å². The lowest BCUT2D eigenvalue weighted by Crippen LogP contribution is -1.90. The molecule has 0 radical (unpaired) electrons. The van der Waals surface area contributed by atoms with Crippen LogP contribution in [0.5, 0.6) is 0 Å². The van der Waals surface area contributed by atoms with Gasteiger partial charge in [-0.3, -0.25) is 10.1 Å². The molecule has 0 saturated carbocycles. The van der Waals surface area contributed by atoms with Crippen LogP contribution in [0.4, 0.5) is 5.69 Å². The molecular weight excluding hydrogens is 314 g/mol. The first-order chi connectivity index (χ1) is 12.2. The van der Waals surface area contributed by atoms with Crippen LogP contribution < -0.4 is 0 Å². The van der Waals surface area contributed by atoms with E-state index in [-0.39, 0.29) is 5.69 Å². The number of fused-ring (bicyclic) bond motifs is 1. The molecule has 0 unspecified atom stereocenters. The highest BCUT2D eigenvalue weighted by Crippen LogP contribution is 2.35. The lowest BCUT2D eigenvalue weighted by Gasteiger charge is -2.04. The number of rotatable bonds is 4. The standard InChI is InChI=1S/C21H15NO3/c23-22(24)17-12-10-16(11-13-17)21-19(14-15-6-2-1-3-7-15)18-8-4-5-9-20(18)25-21/h1-13H,14H2. The fourth-order valence-corrected chi connectivity index (χ4v) is 3.04. The number of nitro benzene ring substituents is 1. The van der Waals surface area contributed by atoms with Crippen LogP contribution >= 0.6 is 0 Å². The van der Waals surface area contributed by atoms with E-state index in [1.807, 2.05) is 42.5 Å². The Morgan fingerprint density at radius 3 is 2.24 bits per heavy atom. The van der Waals surface area contributed by atoms with Crippen LogP contribution in [0.1, 0.15) is 11.1 Å². The van der Waals surface area contributed by atoms with Crippen LogP contribution in [0.25, 0.3) is 22.3 Å². The van der Waals surface area contributed by atoms with Gasteiger partial charge in [0.05, 0.1) is 4.92 Å². The maximum Gasteiger partial charge on any atom is 0.269 e. The molecule has 0 spiro atoms. The molecule has 1 aromatic heterocycles. The van der Waals surface area contributed by atoms with E-state index in [9.17, 15) is 10.1 Å². The lowest BCUT2D eigenvalue weighted by molar-refractivity contribution is -0.384. The monoisotopic (exact) mass is 329 g/mol. The summed E-state index contributed by atoms with van der Waals surface area (Å²) in [6.07, 6.45) is 0.740. The predicted molar refractivity (Wildman–Crippen MR) is 97.6 cm³/mol. The summed E-state index contributed by atoms with van der Waals surface area (Å²) in [4.78, 5) is 10.5. The first-order valence-electron chi connectivity index (χ1n) is 8.01. The summed E-state index contributed by atoms with van der Waals surface area (Å²) in [5.74, 6) is 0.764. The van der Waals surface area contributed by atoms with Crippen molar-refractivity contribution in [3.63, 3.8) is 0 Å². The number of hydrogen-bond acceptors (Lipinski definition) is 3. The zero-order valence-corrected chi connectivity index (χ0v) is 13.4. The molecule has 0 fully saturated rings. The quantitative estimate of drug-likeness (QED) is 0.362. The largest absolute Gasteiger partial charge is 0.456 e. The molecule has 0 amide bonds. The fourth-order valence-electron chi connectivity index (χ4n) is 3.04. The number of para-hydroxylation sites is 1. The van der Waals surface area contributed by atoms with Gasteiger partial charge in [0, 0.05) is 35.1 Å². The molecule has 122 valence electrons. The fraction of sp³-hybridized carbons (Fsp3) is 0.0476. The first-order valence-corrected chi connectivity index (χ1v) is 8.01. The predicted octanol–water partition coefficient (Wildman–Crippen LogP) is 5.60. The molecule has 0 bridgehead atoms. The molecule has 0 N–H and O–H groups in total. The average molecular weight is 329 g/mol. The van der Waals surface area contributed by atoms with Crippen molar-refractivity contribution < 1.29 is 9.34 Å². The SMILES string of the molecule is O=[N+]([O-])c1ccc(-c2oc3ccccc3c2Cc2ccccc2)cc1. The molecule has 4 heteroatoms. The van der Waals surface area contributed by atoms with E-state index >= 15 is 0 Å². The molecule has 0 saturated heterocycles. The Balaban J connectivity index is 1.85. The molecule has 25 heavy (non-hydrogen) atoms. The van der Waals surface area contributed by atoms with Crippen molar-refractivity contribution in [1.29, 1.82) is 0 Å². The normalized spacial score (nSPS) is 10.9. The second-order valence-electron chi connectivity index (χ2n) is 5.87. The van der Waals surface area contributed by atoms with Gasteiger partial charge in [-0.15, -0.1) is 0 Å². The Labute approximate surface area is 144 Å². The van der Waals surface area contributed by atoms with Gasteiger partial charge in [0.2, 0.25) is 0 Å². The second-order valence-corrected chi connectivity index (χ2v) is 5.87. The highest BCUT2D eigenvalue weighted by atomic mass is 16.6. The van der Waals surface area contributed by atoms with Crippen molar-refractivity contribution in [2.75, 3.05) is 0 Å². The summed E-state index contributed by atoms with van der Waals surface area (Å²) in [7, 11) is 0. The summed E-state index contributed by atoms with van der Waals surface area (Å²) in [6.45, 7) is 0. The Kier molecular flexibility index (Phi) is 3.78. The zero-order chi connectivity index (χ0) is 17.2. The third kappa shape index (κ3) is 2.90. The van der Waals surface area contributed by atoms with Crippen LogP contribution in [0, 0.1) is 10.1 Å². The molecule has 4 nitrogen and oxygen atoms in total. The summed E-state index contributed by atoms with van der Waals surface area (Å²) < 4.78 is 6.09. The van der Waals surface area contributed by atoms with E-state index < -0.39 is 4.92 Å². The zero-order valence-electron chi connectivity index (χ0n) is 13.4. The molecule has 4 rings (SSSR count). The summed E-state index contributed by atoms with van der Waals surface area (Å²) >= 11 is 0. The molecule has 1 heterocycles. The van der Waals surface area contributed by atoms with E-state index in [1.54, 1.807) is 12.1 Å². The van der Waals surface area contributed by atoms with Gasteiger partial charge in [0.1, 0.15) is 11.3 Å². The average Bonchev–Trinajstić information content (AvgIpc) is 3.01. The second kappa shape index (κ2) is 6.24. The Morgan fingerprint density at radius 1 is 0.840 bits per heavy atom. The third-order valence-corrected chi connectivity index (χ3v) is 4.26. The van der Waals surface area contributed by atoms with Gasteiger partial charge in [-0.25, -0.2) is 0 Å². The number of benzene rings is 3. The molecular formula is C21H15NO3. The van der Waals surface area contributed by atoms with E-state index in [2.05, 4.69) is 12.1 Å². The van der Waals surface area contributed by atoms with E-state index in [1.165, 1.54) is 17.7 Å². The number of hydrogen-bond donors (Lipinski definition) is 0. The molecule has 3 aromatic carbocycles. The maximum atomic E-state index is 10.9. The molecule has 0 aliphatic carbocycles. The Bertz CT molecular complexity index is 1030. The first kappa shape index (κ1) is 15.1. The Morgan fingerprint density at radius 2 is 1.52 bits per heavy atom. The maximum absolute atomic E-state index is 10.9. The van der Waals surface area contributed by atoms with Gasteiger partial charge in [-0.1, -0.05) is 48.5 Å². The lowest BCUT2D eigenvalue weighted by atomic mass is 9.99. The van der Waals surface area contributed by atoms with Crippen LogP contribution in [0.3, 0.4) is 0 Å². The highest BCUT2D eigenvalue weighted by Gasteiger charge is 2.17. The van der Waals surface area contributed by atoms with Crippen molar-refractivity contribution in [2.24, 2.45) is 0 Å². The van der Waals surface area contributed by atoms with Crippen LogP contribution in [-0.2, 0) is 6.42 Å². The third-order valence-electron chi connectivity index (χ3n) is 4.26. The van der Waals surface area contributed by atoms with Crippen LogP contribution in [0.15, 0.2) is 83.3 Å². The van der Waals surface area contributed by atoms with Gasteiger partial charge >= 0.3 is 0 Å². The van der Waals surface area contributed by atoms with Crippen molar-refractivity contribution >= 4 is 16.7 Å². The summed E-state index contributed by atoms with van der Waals surface area (Å²) in [5.41, 5.74) is 4.02. The molecule has 0 atom stereocenters. The van der Waals surface area contributed by atoms with Gasteiger partial charge in [-0.2, -0.15) is 0 Å². The molecule has 4 aromatic rings. The number of nitrogens with zero attached hydrogens (tertiary/aromatic N) is 1. The van der Waals surface area contributed by atoms with Gasteiger partial charge < -0.3 is 4.42 Å². The van der Waals surface area contributed by atoms with E-state index in [0.29, 0.717) is 0 Å². The molecule has 0 aliphatic rings. The number of furan rings is 1. The molecule has 0 aliphatic heterocycles. The summed E-state index contributed by atoms with van der Waals surface area (Å²) in [5, 5.41) is 11.9. The van der Waals surface area contributed by atoms with E-state index in [0.717, 1.165) is 34.3 Å². The van der Waals surface area contributed by atoms with Gasteiger partial charge in [0.25, 0.3) is 5.69 Å². The number of non-ortho nitro benzene ring substituents is 1. The van der Waals surface area contributed by atoms with Crippen molar-refractivity contribution in [3.8, 4) is 11.3 Å². The van der Waals surface area contributed by atoms with Crippen molar-refractivity contribution in [3.05, 3.63) is 100 Å². The minimum absolute atomic E-state index is 0.0736. The Hall–Kier alpha value is -3.40. The highest BCUT2D eigenvalue weighted by molar-refractivity contribution is 5.88. The number of nitro groups is 1. The smallest absolute Gasteiger partial charge is 0.269 e. The summed E-state index contributed by atoms with van der Waals surface area (Å²) in [6, 6.07) is 24.6. The van der Waals surface area contributed by atoms with Crippen LogP contribution in [0.2, 0.25) is 0 Å². The van der Waals surface area contributed by atoms with Gasteiger partial charge in [-0.05, 0) is 23.8 Å². The van der Waals surface area contributed by atoms with Gasteiger partial charge in [0.15, 0.2) is 0 Å². The minimum Gasteiger partial charge on any atom is -0.456 e. The van der Waals surface area contributed by atoms with E-state index in [4.69, 9.17) is 4.42 Å². The topological polar surface area (TPSA) is 56.3 Å². The van der Waals surface area contributed by atoms with Crippen molar-refractivity contribution in [2.45, 2.75) is 6.42 Å².